The Morgan fingerprint density at radius 3 is 2.69 bits per heavy atom. The van der Waals surface area contributed by atoms with E-state index in [1.54, 1.807) is 0 Å². The molecule has 6 N–H and O–H groups in total. The lowest BCUT2D eigenvalue weighted by Gasteiger charge is -2.20. The number of carbonyl (C=O) groups is 1. The Balaban J connectivity index is 1.44. The van der Waals surface area contributed by atoms with Crippen molar-refractivity contribution in [2.75, 3.05) is 18.4 Å². The zero-order chi connectivity index (χ0) is 18.4. The molecule has 1 aliphatic rings. The SMILES string of the molecule is Cc1ccc(NCCCNC(=O)C2NNC(N)C2c2ccccc2)nc1. The van der Waals surface area contributed by atoms with Gasteiger partial charge in [-0.15, -0.1) is 0 Å². The first-order valence-corrected chi connectivity index (χ1v) is 8.91. The van der Waals surface area contributed by atoms with Crippen LogP contribution in [0.4, 0.5) is 5.82 Å². The van der Waals surface area contributed by atoms with Crippen LogP contribution >= 0.6 is 0 Å². The molecular weight excluding hydrogens is 328 g/mol. The van der Waals surface area contributed by atoms with Crippen LogP contribution in [0.1, 0.15) is 23.5 Å². The normalized spacial score (nSPS) is 22.2. The summed E-state index contributed by atoms with van der Waals surface area (Å²) in [6.45, 7) is 3.34. The van der Waals surface area contributed by atoms with Crippen molar-refractivity contribution >= 4 is 11.7 Å². The summed E-state index contributed by atoms with van der Waals surface area (Å²) in [6.07, 6.45) is 2.33. The van der Waals surface area contributed by atoms with Crippen molar-refractivity contribution in [1.82, 2.24) is 21.2 Å². The van der Waals surface area contributed by atoms with Gasteiger partial charge in [0.05, 0.1) is 6.17 Å². The number of aryl methyl sites for hydroxylation is 1. The van der Waals surface area contributed by atoms with Crippen LogP contribution in [0.25, 0.3) is 0 Å². The van der Waals surface area contributed by atoms with Crippen molar-refractivity contribution in [1.29, 1.82) is 0 Å². The third-order valence-corrected chi connectivity index (χ3v) is 4.49. The summed E-state index contributed by atoms with van der Waals surface area (Å²) in [5, 5.41) is 6.23. The second kappa shape index (κ2) is 8.75. The van der Waals surface area contributed by atoms with Gasteiger partial charge in [-0.05, 0) is 30.5 Å². The van der Waals surface area contributed by atoms with Crippen LogP contribution in [-0.2, 0) is 4.79 Å². The van der Waals surface area contributed by atoms with E-state index in [2.05, 4.69) is 26.5 Å². The first-order chi connectivity index (χ1) is 12.6. The number of nitrogens with one attached hydrogen (secondary N) is 4. The number of hydrogen-bond donors (Lipinski definition) is 5. The summed E-state index contributed by atoms with van der Waals surface area (Å²) < 4.78 is 0. The molecule has 3 unspecified atom stereocenters. The van der Waals surface area contributed by atoms with Crippen LogP contribution in [0.5, 0.6) is 0 Å². The van der Waals surface area contributed by atoms with Gasteiger partial charge >= 0.3 is 0 Å². The van der Waals surface area contributed by atoms with E-state index in [4.69, 9.17) is 5.73 Å². The zero-order valence-electron chi connectivity index (χ0n) is 14.9. The number of benzene rings is 1. The van der Waals surface area contributed by atoms with Crippen molar-refractivity contribution in [3.63, 3.8) is 0 Å². The molecule has 138 valence electrons. The van der Waals surface area contributed by atoms with Crippen LogP contribution in [0, 0.1) is 6.92 Å². The molecule has 1 saturated heterocycles. The summed E-state index contributed by atoms with van der Waals surface area (Å²) in [6, 6.07) is 13.4. The number of amides is 1. The minimum Gasteiger partial charge on any atom is -0.370 e. The predicted octanol–water partition coefficient (Wildman–Crippen LogP) is 0.853. The minimum absolute atomic E-state index is 0.0484. The molecule has 0 bridgehead atoms. The molecule has 3 atom stereocenters. The number of hydrazine groups is 1. The highest BCUT2D eigenvalue weighted by Gasteiger charge is 2.39. The summed E-state index contributed by atoms with van der Waals surface area (Å²) in [4.78, 5) is 16.8. The van der Waals surface area contributed by atoms with E-state index in [0.717, 1.165) is 29.9 Å². The van der Waals surface area contributed by atoms with Crippen molar-refractivity contribution in [2.24, 2.45) is 5.73 Å². The van der Waals surface area contributed by atoms with E-state index in [9.17, 15) is 4.79 Å². The molecule has 0 saturated carbocycles. The average molecular weight is 354 g/mol. The molecule has 2 heterocycles. The number of carbonyl (C=O) groups excluding carboxylic acids is 1. The van der Waals surface area contributed by atoms with Gasteiger partial charge in [-0.1, -0.05) is 36.4 Å². The Morgan fingerprint density at radius 1 is 1.15 bits per heavy atom. The molecule has 7 heteroatoms. The number of nitrogens with zero attached hydrogens (tertiary/aromatic N) is 1. The highest BCUT2D eigenvalue weighted by Crippen LogP contribution is 2.24. The minimum atomic E-state index is -0.390. The first kappa shape index (κ1) is 18.3. The van der Waals surface area contributed by atoms with E-state index in [0.29, 0.717) is 6.54 Å². The second-order valence-electron chi connectivity index (χ2n) is 6.52. The van der Waals surface area contributed by atoms with Gasteiger partial charge in [0.25, 0.3) is 0 Å². The van der Waals surface area contributed by atoms with Gasteiger partial charge in [-0.3, -0.25) is 4.79 Å². The standard InChI is InChI=1S/C19H26N6O/c1-13-8-9-15(23-12-13)21-10-5-11-22-19(26)17-16(18(20)25-24-17)14-6-3-2-4-7-14/h2-4,6-9,12,16-18,24-25H,5,10-11,20H2,1H3,(H,21,23)(H,22,26). The van der Waals surface area contributed by atoms with Gasteiger partial charge in [0.15, 0.2) is 0 Å². The topological polar surface area (TPSA) is 104 Å². The molecule has 2 aromatic rings. The molecule has 0 radical (unpaired) electrons. The van der Waals surface area contributed by atoms with Gasteiger partial charge in [0, 0.05) is 25.2 Å². The van der Waals surface area contributed by atoms with Gasteiger partial charge < -0.3 is 16.4 Å². The van der Waals surface area contributed by atoms with E-state index in [1.807, 2.05) is 55.6 Å². The van der Waals surface area contributed by atoms with Crippen LogP contribution in [0.15, 0.2) is 48.7 Å². The summed E-state index contributed by atoms with van der Waals surface area (Å²) in [5.74, 6) is 0.692. The monoisotopic (exact) mass is 354 g/mol. The maximum Gasteiger partial charge on any atom is 0.239 e. The largest absolute Gasteiger partial charge is 0.370 e. The fourth-order valence-electron chi connectivity index (χ4n) is 3.08. The maximum absolute atomic E-state index is 12.5. The Hall–Kier alpha value is -2.48. The zero-order valence-corrected chi connectivity index (χ0v) is 14.9. The average Bonchev–Trinajstić information content (AvgIpc) is 3.05. The van der Waals surface area contributed by atoms with Gasteiger partial charge in [-0.25, -0.2) is 15.8 Å². The lowest BCUT2D eigenvalue weighted by atomic mass is 9.90. The number of pyridine rings is 1. The summed E-state index contributed by atoms with van der Waals surface area (Å²) in [5.41, 5.74) is 14.3. The molecule has 1 aliphatic heterocycles. The van der Waals surface area contributed by atoms with Crippen LogP contribution in [0.2, 0.25) is 0 Å². The molecule has 0 spiro atoms. The number of nitrogens with two attached hydrogens (primary N) is 1. The Bertz CT molecular complexity index is 706. The Kier molecular flexibility index (Phi) is 6.17. The highest BCUT2D eigenvalue weighted by atomic mass is 16.2. The molecular formula is C19H26N6O. The molecule has 26 heavy (non-hydrogen) atoms. The fraction of sp³-hybridized carbons (Fsp3) is 0.368. The predicted molar refractivity (Wildman–Crippen MR) is 102 cm³/mol. The van der Waals surface area contributed by atoms with Crippen LogP contribution in [-0.4, -0.2) is 36.2 Å². The molecule has 1 aromatic heterocycles. The molecule has 3 rings (SSSR count). The summed E-state index contributed by atoms with van der Waals surface area (Å²) in [7, 11) is 0. The third-order valence-electron chi connectivity index (χ3n) is 4.49. The number of hydrogen-bond acceptors (Lipinski definition) is 6. The van der Waals surface area contributed by atoms with Gasteiger partial charge in [0.2, 0.25) is 5.91 Å². The molecule has 1 fully saturated rings. The van der Waals surface area contributed by atoms with Crippen LogP contribution < -0.4 is 27.2 Å². The Morgan fingerprint density at radius 2 is 1.96 bits per heavy atom. The number of anilines is 1. The van der Waals surface area contributed by atoms with Gasteiger partial charge in [-0.2, -0.15) is 0 Å². The molecule has 1 amide bonds. The number of rotatable bonds is 7. The fourth-order valence-corrected chi connectivity index (χ4v) is 3.08. The van der Waals surface area contributed by atoms with E-state index in [1.165, 1.54) is 0 Å². The van der Waals surface area contributed by atoms with Crippen molar-refractivity contribution in [3.05, 3.63) is 59.8 Å². The van der Waals surface area contributed by atoms with Crippen molar-refractivity contribution < 1.29 is 4.79 Å². The quantitative estimate of drug-likeness (QED) is 0.472. The molecule has 7 nitrogen and oxygen atoms in total. The van der Waals surface area contributed by atoms with Crippen LogP contribution in [0.3, 0.4) is 0 Å². The first-order valence-electron chi connectivity index (χ1n) is 8.91. The van der Waals surface area contributed by atoms with Crippen molar-refractivity contribution in [2.45, 2.75) is 31.5 Å². The second-order valence-corrected chi connectivity index (χ2v) is 6.52. The van der Waals surface area contributed by atoms with E-state index >= 15 is 0 Å². The lowest BCUT2D eigenvalue weighted by Crippen LogP contribution is -2.45. The van der Waals surface area contributed by atoms with E-state index in [-0.39, 0.29) is 24.0 Å². The van der Waals surface area contributed by atoms with E-state index < -0.39 is 0 Å². The summed E-state index contributed by atoms with van der Waals surface area (Å²) >= 11 is 0. The number of aromatic nitrogens is 1. The van der Waals surface area contributed by atoms with Gasteiger partial charge in [0.1, 0.15) is 11.9 Å². The maximum atomic E-state index is 12.5. The lowest BCUT2D eigenvalue weighted by molar-refractivity contribution is -0.123. The smallest absolute Gasteiger partial charge is 0.239 e. The molecule has 1 aromatic carbocycles. The molecule has 0 aliphatic carbocycles. The third kappa shape index (κ3) is 4.57. The Labute approximate surface area is 153 Å². The highest BCUT2D eigenvalue weighted by molar-refractivity contribution is 5.83. The van der Waals surface area contributed by atoms with Crippen molar-refractivity contribution in [3.8, 4) is 0 Å².